The average molecular weight is 296 g/mol. The van der Waals surface area contributed by atoms with Crippen LogP contribution in [0.25, 0.3) is 0 Å². The van der Waals surface area contributed by atoms with Gasteiger partial charge in [-0.05, 0) is 33.1 Å². The van der Waals surface area contributed by atoms with Gasteiger partial charge in [-0.15, -0.1) is 11.6 Å². The number of carboxylic acids is 1. The van der Waals surface area contributed by atoms with E-state index >= 15 is 0 Å². The second kappa shape index (κ2) is 11.5. The number of aliphatic carboxylic acids is 1. The quantitative estimate of drug-likeness (QED) is 0.192. The van der Waals surface area contributed by atoms with Crippen molar-refractivity contribution in [2.24, 2.45) is 5.92 Å². The summed E-state index contributed by atoms with van der Waals surface area (Å²) in [5, 5.41) is 13.2. The largest absolute Gasteiger partial charge is 1.00 e. The topological polar surface area (TPSA) is 69.2 Å². The Labute approximate surface area is 141 Å². The minimum absolute atomic E-state index is 0. The standard InChI is InChI=1S/C13H20ClNO3.Na/c1-9(2)10(3)12(16)15-11(13(17)18)7-5-4-6-8-14;/h7,10H,1,4-6,8H2,2-3H3,(H,15,16)(H,17,18);/q;+1/p-1/b11-7-;. The Morgan fingerprint density at radius 2 is 2.00 bits per heavy atom. The zero-order valence-corrected chi connectivity index (χ0v) is 14.5. The van der Waals surface area contributed by atoms with Crippen LogP contribution in [0.15, 0.2) is 23.9 Å². The van der Waals surface area contributed by atoms with Gasteiger partial charge in [0.25, 0.3) is 0 Å². The van der Waals surface area contributed by atoms with Crippen molar-refractivity contribution >= 4 is 23.5 Å². The molecule has 0 aromatic heterocycles. The SMILES string of the molecule is C=C(C)C(C)C(=O)N/C(=C\CCCCCl)C(=O)[O-].[Na+]. The number of hydrogen-bond donors (Lipinski definition) is 1. The Balaban J connectivity index is 0. The van der Waals surface area contributed by atoms with Gasteiger partial charge in [0.15, 0.2) is 0 Å². The van der Waals surface area contributed by atoms with Crippen molar-refractivity contribution in [1.82, 2.24) is 5.32 Å². The molecule has 0 aromatic rings. The van der Waals surface area contributed by atoms with Crippen LogP contribution >= 0.6 is 11.6 Å². The number of carbonyl (C=O) groups excluding carboxylic acids is 2. The molecule has 0 spiro atoms. The Morgan fingerprint density at radius 3 is 2.42 bits per heavy atom. The molecule has 1 unspecified atom stereocenters. The molecule has 0 rings (SSSR count). The summed E-state index contributed by atoms with van der Waals surface area (Å²) < 4.78 is 0. The van der Waals surface area contributed by atoms with Crippen LogP contribution in [-0.2, 0) is 9.59 Å². The van der Waals surface area contributed by atoms with Crippen LogP contribution in [0, 0.1) is 5.92 Å². The van der Waals surface area contributed by atoms with E-state index in [9.17, 15) is 14.7 Å². The fourth-order valence-corrected chi connectivity index (χ4v) is 1.32. The molecule has 0 aliphatic heterocycles. The molecule has 0 aliphatic carbocycles. The first-order valence-electron chi connectivity index (χ1n) is 5.83. The summed E-state index contributed by atoms with van der Waals surface area (Å²) in [6, 6.07) is 0. The zero-order chi connectivity index (χ0) is 14.1. The molecule has 0 heterocycles. The fourth-order valence-electron chi connectivity index (χ4n) is 1.14. The van der Waals surface area contributed by atoms with Crippen molar-refractivity contribution in [3.05, 3.63) is 23.9 Å². The first-order chi connectivity index (χ1) is 8.40. The number of rotatable bonds is 8. The predicted octanol–water partition coefficient (Wildman–Crippen LogP) is -1.64. The molecule has 0 fully saturated rings. The van der Waals surface area contributed by atoms with Crippen LogP contribution in [0.3, 0.4) is 0 Å². The van der Waals surface area contributed by atoms with Crippen LogP contribution in [0.4, 0.5) is 0 Å². The number of carbonyl (C=O) groups is 2. The molecule has 0 saturated heterocycles. The number of carboxylic acid groups (broad SMARTS) is 1. The van der Waals surface area contributed by atoms with Crippen molar-refractivity contribution in [2.75, 3.05) is 5.88 Å². The number of nitrogens with one attached hydrogen (secondary N) is 1. The monoisotopic (exact) mass is 295 g/mol. The smallest absolute Gasteiger partial charge is 0.543 e. The molecular formula is C13H19ClNNaO3. The molecule has 102 valence electrons. The van der Waals surface area contributed by atoms with Gasteiger partial charge in [-0.3, -0.25) is 4.79 Å². The zero-order valence-electron chi connectivity index (χ0n) is 11.8. The summed E-state index contributed by atoms with van der Waals surface area (Å²) in [5.41, 5.74) is 0.481. The molecule has 19 heavy (non-hydrogen) atoms. The van der Waals surface area contributed by atoms with Crippen molar-refractivity contribution in [2.45, 2.75) is 33.1 Å². The molecule has 1 atom stereocenters. The van der Waals surface area contributed by atoms with E-state index in [1.165, 1.54) is 6.08 Å². The number of allylic oxidation sites excluding steroid dienone is 1. The second-order valence-corrected chi connectivity index (χ2v) is 4.53. The molecule has 0 aliphatic rings. The Hall–Kier alpha value is -0.290. The number of hydrogen-bond acceptors (Lipinski definition) is 3. The van der Waals surface area contributed by atoms with Crippen molar-refractivity contribution in [3.8, 4) is 0 Å². The van der Waals surface area contributed by atoms with Gasteiger partial charge in [0, 0.05) is 5.88 Å². The molecule has 1 N–H and O–H groups in total. The van der Waals surface area contributed by atoms with E-state index in [0.29, 0.717) is 17.9 Å². The maximum atomic E-state index is 11.7. The molecule has 0 saturated carbocycles. The normalized spacial score (nSPS) is 12.3. The molecule has 1 amide bonds. The first kappa shape index (κ1) is 21.0. The summed E-state index contributed by atoms with van der Waals surface area (Å²) in [6.07, 6.45) is 3.56. The Bertz CT molecular complexity index is 356. The third-order valence-corrected chi connectivity index (χ3v) is 2.81. The van der Waals surface area contributed by atoms with Gasteiger partial charge in [0.2, 0.25) is 5.91 Å². The third kappa shape index (κ3) is 9.27. The second-order valence-electron chi connectivity index (χ2n) is 4.15. The first-order valence-corrected chi connectivity index (χ1v) is 6.37. The summed E-state index contributed by atoms with van der Waals surface area (Å²) in [4.78, 5) is 22.5. The predicted molar refractivity (Wildman–Crippen MR) is 69.8 cm³/mol. The van der Waals surface area contributed by atoms with E-state index in [1.54, 1.807) is 13.8 Å². The summed E-state index contributed by atoms with van der Waals surface area (Å²) in [6.45, 7) is 7.04. The van der Waals surface area contributed by atoms with Gasteiger partial charge in [-0.25, -0.2) is 0 Å². The van der Waals surface area contributed by atoms with Gasteiger partial charge >= 0.3 is 29.6 Å². The van der Waals surface area contributed by atoms with Crippen LogP contribution in [-0.4, -0.2) is 17.8 Å². The van der Waals surface area contributed by atoms with E-state index in [0.717, 1.165) is 12.8 Å². The maximum absolute atomic E-state index is 11.7. The van der Waals surface area contributed by atoms with E-state index in [1.807, 2.05) is 0 Å². The average Bonchev–Trinajstić information content (AvgIpc) is 2.31. The van der Waals surface area contributed by atoms with Gasteiger partial charge < -0.3 is 15.2 Å². The minimum atomic E-state index is -1.39. The molecule has 6 heteroatoms. The van der Waals surface area contributed by atoms with Gasteiger partial charge in [-0.2, -0.15) is 0 Å². The van der Waals surface area contributed by atoms with Crippen LogP contribution < -0.4 is 40.0 Å². The van der Waals surface area contributed by atoms with Gasteiger partial charge in [-0.1, -0.05) is 18.2 Å². The number of amides is 1. The van der Waals surface area contributed by atoms with Crippen LogP contribution in [0.1, 0.15) is 33.1 Å². The Kier molecular flexibility index (Phi) is 12.8. The number of alkyl halides is 1. The Morgan fingerprint density at radius 1 is 1.42 bits per heavy atom. The number of unbranched alkanes of at least 4 members (excludes halogenated alkanes) is 2. The van der Waals surface area contributed by atoms with E-state index in [-0.39, 0.29) is 35.3 Å². The number of halogens is 1. The van der Waals surface area contributed by atoms with Gasteiger partial charge in [0.1, 0.15) is 0 Å². The van der Waals surface area contributed by atoms with Crippen molar-refractivity contribution in [1.29, 1.82) is 0 Å². The summed E-state index contributed by atoms with van der Waals surface area (Å²) >= 11 is 5.51. The fraction of sp³-hybridized carbons (Fsp3) is 0.538. The van der Waals surface area contributed by atoms with Crippen molar-refractivity contribution in [3.63, 3.8) is 0 Å². The summed E-state index contributed by atoms with van der Waals surface area (Å²) in [5.74, 6) is -1.68. The molecule has 0 bridgehead atoms. The van der Waals surface area contributed by atoms with Gasteiger partial charge in [0.05, 0.1) is 17.6 Å². The van der Waals surface area contributed by atoms with E-state index in [4.69, 9.17) is 11.6 Å². The van der Waals surface area contributed by atoms with Crippen LogP contribution in [0.2, 0.25) is 0 Å². The van der Waals surface area contributed by atoms with E-state index < -0.39 is 17.8 Å². The molecule has 0 radical (unpaired) electrons. The molecule has 4 nitrogen and oxygen atoms in total. The molecule has 0 aromatic carbocycles. The van der Waals surface area contributed by atoms with E-state index in [2.05, 4.69) is 11.9 Å². The third-order valence-electron chi connectivity index (χ3n) is 2.55. The molecular weight excluding hydrogens is 277 g/mol. The maximum Gasteiger partial charge on any atom is 1.00 e. The summed E-state index contributed by atoms with van der Waals surface area (Å²) in [7, 11) is 0. The minimum Gasteiger partial charge on any atom is -0.543 e. The van der Waals surface area contributed by atoms with Crippen LogP contribution in [0.5, 0.6) is 0 Å². The van der Waals surface area contributed by atoms with Crippen molar-refractivity contribution < 1.29 is 44.3 Å².